The summed E-state index contributed by atoms with van der Waals surface area (Å²) in [5.41, 5.74) is 6.72. The Bertz CT molecular complexity index is 3570. The third-order valence-corrected chi connectivity index (χ3v) is 18.3. The Morgan fingerprint density at radius 1 is 0.615 bits per heavy atom. The largest absolute Gasteiger partial charge is 0.478 e. The lowest BCUT2D eigenvalue weighted by Crippen LogP contribution is -2.53. The van der Waals surface area contributed by atoms with E-state index >= 15 is 0 Å². The van der Waals surface area contributed by atoms with Gasteiger partial charge in [0.1, 0.15) is 29.2 Å². The molecule has 1 unspecified atom stereocenters. The van der Waals surface area contributed by atoms with Crippen molar-refractivity contribution < 1.29 is 47.8 Å². The number of alkyl halides is 1. The maximum Gasteiger partial charge on any atom is 0.335 e. The highest BCUT2D eigenvalue weighted by molar-refractivity contribution is 7.99. The van der Waals surface area contributed by atoms with Gasteiger partial charge in [0.25, 0.3) is 17.7 Å². The van der Waals surface area contributed by atoms with Gasteiger partial charge in [-0.1, -0.05) is 42.2 Å². The summed E-state index contributed by atoms with van der Waals surface area (Å²) in [6.45, 7) is 8.45. The monoisotopic (exact) mass is 1370 g/mol. The molecule has 6 aliphatic rings. The number of carbonyl (C=O) groups is 6. The lowest BCUT2D eigenvalue weighted by molar-refractivity contribution is -0.118. The van der Waals surface area contributed by atoms with Crippen LogP contribution in [-0.2, 0) is 22.7 Å². The van der Waals surface area contributed by atoms with E-state index in [1.54, 1.807) is 44.2 Å². The standard InChI is InChI=1S/C23H27ClN6O2S.C12H16ClN3O.C11H13N3O2S.C8H7ClFNO.C7H4ClFO2.CH4/c1-25-22(31)16-2-4-17(5-3-16)28-6-7-29(20(24)13-28)12-15-10-18-21(26-11-15)30-8-9-33-14-19(30)23(32)27-18;1-14-12(17)9-2-3-11(10(13)8-9)16-6-4-15-5-7-16;15-5-7-3-8-10(12-4-7)14-1-2-17-6-9(14)11(16)13-8;1-11-8(12)5-2-3-7(10)6(9)4-5;8-5-3-4(7(10)11)1-2-6(5)9;/h2-5,10-11,19-20H,6-9,12-14H2,1H3,(H,25,31)(H,27,32);2-3,8,15H,4-7H2,1H3,(H,14,17);3-4,9,15H,1-2,5-6H2,(H,13,16);2-4H,1H3,(H,11,12);1-3H,(H,10,11);1H4/t19-,20?;;9-;;;/m0.0.../s1. The van der Waals surface area contributed by atoms with Gasteiger partial charge in [0.15, 0.2) is 11.6 Å². The number of piperazine rings is 2. The number of halogens is 6. The molecular weight excluding hydrogens is 1300 g/mol. The first-order valence-corrected chi connectivity index (χ1v) is 32.4. The van der Waals surface area contributed by atoms with Crippen LogP contribution < -0.4 is 51.5 Å². The van der Waals surface area contributed by atoms with E-state index in [0.717, 1.165) is 134 Å². The van der Waals surface area contributed by atoms with Gasteiger partial charge >= 0.3 is 5.97 Å². The Balaban J connectivity index is 0.000000173. The third-order valence-electron chi connectivity index (χ3n) is 15.0. The van der Waals surface area contributed by atoms with Crippen LogP contribution in [0.15, 0.2) is 103 Å². The number of benzene rings is 4. The summed E-state index contributed by atoms with van der Waals surface area (Å²) < 4.78 is 25.0. The SMILES string of the molecule is C.CNC(=O)c1ccc(F)c(Cl)c1.CNC(=O)c1ccc(N2CCN(Cc3cnc4c(c3)NC(=O)[C@@H]3CSCCN43)C(Cl)C2)cc1.CNC(=O)c1ccc(N2CCNCC2)c(Cl)c1.O=C(O)c1ccc(F)c(Cl)c1.O=C1Nc2cc(CO)cnc2N2CCSC[C@@H]12. The zero-order valence-electron chi connectivity index (χ0n) is 49.2. The number of aliphatic hydroxyl groups excluding tert-OH is 1. The van der Waals surface area contributed by atoms with Gasteiger partial charge in [-0.3, -0.25) is 28.9 Å². The van der Waals surface area contributed by atoms with Crippen molar-refractivity contribution in [2.24, 2.45) is 0 Å². The van der Waals surface area contributed by atoms with Crippen LogP contribution in [0.5, 0.6) is 0 Å². The molecule has 6 aliphatic heterocycles. The van der Waals surface area contributed by atoms with E-state index in [2.05, 4.69) is 61.4 Å². The van der Waals surface area contributed by atoms with E-state index in [1.807, 2.05) is 60.4 Å². The normalized spacial score (nSPS) is 17.9. The van der Waals surface area contributed by atoms with Crippen molar-refractivity contribution in [1.29, 1.82) is 0 Å². The van der Waals surface area contributed by atoms with Gasteiger partial charge in [-0.15, -0.1) is 11.6 Å². The summed E-state index contributed by atoms with van der Waals surface area (Å²) in [6, 6.07) is 23.7. The highest BCUT2D eigenvalue weighted by atomic mass is 35.5. The summed E-state index contributed by atoms with van der Waals surface area (Å²) in [4.78, 5) is 88.9. The van der Waals surface area contributed by atoms with E-state index in [1.165, 1.54) is 19.2 Å². The average molecular weight is 1370 g/mol. The van der Waals surface area contributed by atoms with Gasteiger partial charge in [0.2, 0.25) is 11.8 Å². The van der Waals surface area contributed by atoms with Crippen LogP contribution in [0.4, 0.5) is 43.2 Å². The Morgan fingerprint density at radius 2 is 1.09 bits per heavy atom. The molecule has 4 aromatic carbocycles. The highest BCUT2D eigenvalue weighted by Gasteiger charge is 2.38. The molecule has 0 saturated carbocycles. The van der Waals surface area contributed by atoms with Crippen molar-refractivity contribution in [2.45, 2.75) is 38.2 Å². The molecule has 3 atom stereocenters. The molecule has 29 heteroatoms. The van der Waals surface area contributed by atoms with Gasteiger partial charge in [0, 0.05) is 144 Å². The van der Waals surface area contributed by atoms with Crippen LogP contribution in [0.2, 0.25) is 15.1 Å². The number of carboxylic acid groups (broad SMARTS) is 1. The molecule has 4 fully saturated rings. The Labute approximate surface area is 555 Å². The number of hydrogen-bond acceptors (Lipinski definition) is 17. The molecule has 8 heterocycles. The zero-order valence-corrected chi connectivity index (χ0v) is 53.9. The van der Waals surface area contributed by atoms with Crippen LogP contribution in [0.1, 0.15) is 60.0 Å². The maximum atomic E-state index is 12.6. The number of aliphatic hydroxyl groups is 1. The molecule has 8 N–H and O–H groups in total. The van der Waals surface area contributed by atoms with E-state index in [9.17, 15) is 37.5 Å². The highest BCUT2D eigenvalue weighted by Crippen LogP contribution is 2.36. The molecule has 6 aromatic rings. The fourth-order valence-electron chi connectivity index (χ4n) is 10.2. The third kappa shape index (κ3) is 18.5. The topological polar surface area (TPSA) is 257 Å². The second kappa shape index (κ2) is 33.9. The number of carbonyl (C=O) groups excluding carboxylic acids is 5. The summed E-state index contributed by atoms with van der Waals surface area (Å²) in [5.74, 6) is 2.70. The van der Waals surface area contributed by atoms with Gasteiger partial charge in [-0.2, -0.15) is 23.5 Å². The van der Waals surface area contributed by atoms with E-state index in [0.29, 0.717) is 46.1 Å². The summed E-state index contributed by atoms with van der Waals surface area (Å²) >= 11 is 27.4. The predicted octanol–water partition coefficient (Wildman–Crippen LogP) is 8.41. The molecule has 486 valence electrons. The number of rotatable bonds is 9. The van der Waals surface area contributed by atoms with Crippen LogP contribution in [0.25, 0.3) is 0 Å². The van der Waals surface area contributed by atoms with Crippen molar-refractivity contribution in [3.8, 4) is 0 Å². The number of nitrogens with one attached hydrogen (secondary N) is 6. The van der Waals surface area contributed by atoms with Crippen molar-refractivity contribution in [3.63, 3.8) is 0 Å². The summed E-state index contributed by atoms with van der Waals surface area (Å²) in [5, 5.41) is 34.7. The fraction of sp³-hybridized carbons (Fsp3) is 0.355. The van der Waals surface area contributed by atoms with Crippen molar-refractivity contribution >= 4 is 140 Å². The fourth-order valence-corrected chi connectivity index (χ4v) is 13.2. The van der Waals surface area contributed by atoms with Crippen molar-refractivity contribution in [1.82, 2.24) is 36.1 Å². The molecule has 5 amide bonds. The minimum Gasteiger partial charge on any atom is -0.478 e. The number of fused-ring (bicyclic) bond motifs is 6. The van der Waals surface area contributed by atoms with Crippen LogP contribution in [0, 0.1) is 11.6 Å². The quantitative estimate of drug-likeness (QED) is 0.0499. The Morgan fingerprint density at radius 3 is 1.58 bits per heavy atom. The van der Waals surface area contributed by atoms with E-state index in [-0.39, 0.29) is 76.8 Å². The first-order valence-electron chi connectivity index (χ1n) is 28.5. The Kier molecular flexibility index (Phi) is 26.6. The van der Waals surface area contributed by atoms with Gasteiger partial charge in [-0.05, 0) is 102 Å². The lowest BCUT2D eigenvalue weighted by Gasteiger charge is -2.41. The Hall–Kier alpha value is -7.20. The summed E-state index contributed by atoms with van der Waals surface area (Å²) in [6.07, 6.45) is 3.57. The number of pyridine rings is 2. The number of hydrogen-bond donors (Lipinski definition) is 8. The maximum absolute atomic E-state index is 12.6. The number of anilines is 6. The first kappa shape index (κ1) is 71.2. The van der Waals surface area contributed by atoms with Crippen LogP contribution >= 0.6 is 69.9 Å². The number of thioether (sulfide) groups is 2. The number of amides is 5. The van der Waals surface area contributed by atoms with Crippen molar-refractivity contribution in [3.05, 3.63) is 163 Å². The smallest absolute Gasteiger partial charge is 0.335 e. The van der Waals surface area contributed by atoms with Gasteiger partial charge in [0.05, 0.1) is 44.3 Å². The number of nitrogens with zero attached hydrogens (tertiary/aromatic N) is 7. The molecule has 2 aromatic heterocycles. The number of carboxylic acids is 1. The molecule has 4 saturated heterocycles. The predicted molar refractivity (Wildman–Crippen MR) is 360 cm³/mol. The second-order valence-electron chi connectivity index (χ2n) is 20.7. The van der Waals surface area contributed by atoms with Crippen LogP contribution in [0.3, 0.4) is 0 Å². The van der Waals surface area contributed by atoms with Gasteiger partial charge in [-0.25, -0.2) is 23.5 Å². The first-order chi connectivity index (χ1) is 43.3. The molecule has 0 aliphatic carbocycles. The summed E-state index contributed by atoms with van der Waals surface area (Å²) in [7, 11) is 4.74. The van der Waals surface area contributed by atoms with Gasteiger partial charge < -0.3 is 61.7 Å². The molecule has 0 spiro atoms. The number of aromatic nitrogens is 2. The minimum atomic E-state index is -1.12. The van der Waals surface area contributed by atoms with Crippen LogP contribution in [-0.4, -0.2) is 181 Å². The number of aromatic carboxylic acids is 1. The second-order valence-corrected chi connectivity index (χ2v) is 24.8. The molecule has 0 bridgehead atoms. The minimum absolute atomic E-state index is 0. The molecule has 91 heavy (non-hydrogen) atoms. The molecule has 21 nitrogen and oxygen atoms in total. The van der Waals surface area contributed by atoms with E-state index in [4.69, 9.17) is 61.6 Å². The zero-order chi connectivity index (χ0) is 64.6. The van der Waals surface area contributed by atoms with E-state index < -0.39 is 17.6 Å². The molecule has 0 radical (unpaired) electrons. The average Bonchev–Trinajstić information content (AvgIpc) is 0.815. The van der Waals surface area contributed by atoms with Crippen molar-refractivity contribution in [2.75, 3.05) is 133 Å². The lowest BCUT2D eigenvalue weighted by atomic mass is 10.1. The molecule has 12 rings (SSSR count). The molecular formula is C62H71Cl4F2N13O8S2.